The number of benzene rings is 1. The number of halogens is 3. The minimum absolute atomic E-state index is 0.289. The molecule has 2 aromatic rings. The van der Waals surface area contributed by atoms with Crippen molar-refractivity contribution < 1.29 is 27.5 Å². The van der Waals surface area contributed by atoms with Crippen molar-refractivity contribution in [3.8, 4) is 5.75 Å². The van der Waals surface area contributed by atoms with E-state index in [1.807, 2.05) is 0 Å². The molecule has 1 aromatic heterocycles. The van der Waals surface area contributed by atoms with Crippen LogP contribution in [-0.4, -0.2) is 22.5 Å². The predicted molar refractivity (Wildman–Crippen MR) is 89.5 cm³/mol. The molecule has 1 atom stereocenters. The fourth-order valence-corrected chi connectivity index (χ4v) is 2.46. The van der Waals surface area contributed by atoms with Gasteiger partial charge < -0.3 is 19.9 Å². The summed E-state index contributed by atoms with van der Waals surface area (Å²) in [6, 6.07) is 5.91. The number of nitrogens with zero attached hydrogens (tertiary/aromatic N) is 1. The molecule has 1 aliphatic rings. The third-order valence-electron chi connectivity index (χ3n) is 3.82. The molecule has 0 aliphatic carbocycles. The zero-order valence-electron chi connectivity index (χ0n) is 14.0. The summed E-state index contributed by atoms with van der Waals surface area (Å²) in [4.78, 5) is 35.4. The molecule has 10 heteroatoms. The van der Waals surface area contributed by atoms with Crippen LogP contribution in [0.15, 0.2) is 41.3 Å². The smallest absolute Gasteiger partial charge is 0.417 e. The standard InChI is InChI=1S/C17H14F3N3O4/c1-9-16(26)22-12-6-11(3-4-13(12)27-9)21-14(24)8-23-7-10(17(18,19)20)2-5-15(23)25/h2-7,9H,8H2,1H3,(H,21,24)(H,22,26)/t9-/m1/s1. The van der Waals surface area contributed by atoms with Crippen LogP contribution in [0.25, 0.3) is 0 Å². The van der Waals surface area contributed by atoms with E-state index in [0.717, 1.165) is 6.07 Å². The molecule has 0 unspecified atom stereocenters. The number of rotatable bonds is 3. The minimum atomic E-state index is -4.63. The van der Waals surface area contributed by atoms with Gasteiger partial charge in [0.2, 0.25) is 5.91 Å². The van der Waals surface area contributed by atoms with Crippen LogP contribution in [0.3, 0.4) is 0 Å². The SMILES string of the molecule is C[C@H]1Oc2ccc(NC(=O)Cn3cc(C(F)(F)F)ccc3=O)cc2NC1=O. The summed E-state index contributed by atoms with van der Waals surface area (Å²) >= 11 is 0. The lowest BCUT2D eigenvalue weighted by Crippen LogP contribution is -2.34. The number of ether oxygens (including phenoxy) is 1. The molecule has 0 radical (unpaired) electrons. The maximum atomic E-state index is 12.7. The molecule has 7 nitrogen and oxygen atoms in total. The largest absolute Gasteiger partial charge is 0.479 e. The molecule has 0 saturated heterocycles. The quantitative estimate of drug-likeness (QED) is 0.853. The van der Waals surface area contributed by atoms with Crippen LogP contribution >= 0.6 is 0 Å². The Kier molecular flexibility index (Phi) is 4.64. The molecule has 1 aromatic carbocycles. The van der Waals surface area contributed by atoms with Crippen LogP contribution in [-0.2, 0) is 22.3 Å². The monoisotopic (exact) mass is 381 g/mol. The van der Waals surface area contributed by atoms with Crippen LogP contribution < -0.4 is 20.9 Å². The highest BCUT2D eigenvalue weighted by Gasteiger charge is 2.31. The Bertz CT molecular complexity index is 969. The van der Waals surface area contributed by atoms with Gasteiger partial charge in [-0.2, -0.15) is 13.2 Å². The van der Waals surface area contributed by atoms with Crippen molar-refractivity contribution >= 4 is 23.2 Å². The Morgan fingerprint density at radius 2 is 2.00 bits per heavy atom. The third kappa shape index (κ3) is 4.10. The first kappa shape index (κ1) is 18.5. The first-order valence-corrected chi connectivity index (χ1v) is 7.82. The Hall–Kier alpha value is -3.30. The lowest BCUT2D eigenvalue weighted by molar-refractivity contribution is -0.138. The average Bonchev–Trinajstić information content (AvgIpc) is 2.57. The van der Waals surface area contributed by atoms with E-state index in [9.17, 15) is 27.6 Å². The fourth-order valence-electron chi connectivity index (χ4n) is 2.46. The summed E-state index contributed by atoms with van der Waals surface area (Å²) < 4.78 is 44.3. The van der Waals surface area contributed by atoms with Crippen LogP contribution in [0.2, 0.25) is 0 Å². The third-order valence-corrected chi connectivity index (χ3v) is 3.82. The van der Waals surface area contributed by atoms with Gasteiger partial charge in [-0.25, -0.2) is 0 Å². The highest BCUT2D eigenvalue weighted by molar-refractivity contribution is 5.99. The van der Waals surface area contributed by atoms with Crippen molar-refractivity contribution in [1.82, 2.24) is 4.57 Å². The lowest BCUT2D eigenvalue weighted by Gasteiger charge is -2.23. The number of carbonyl (C=O) groups is 2. The van der Waals surface area contributed by atoms with E-state index >= 15 is 0 Å². The van der Waals surface area contributed by atoms with E-state index in [-0.39, 0.29) is 11.6 Å². The molecule has 27 heavy (non-hydrogen) atoms. The van der Waals surface area contributed by atoms with E-state index in [0.29, 0.717) is 28.3 Å². The average molecular weight is 381 g/mol. The molecule has 2 heterocycles. The highest BCUT2D eigenvalue weighted by atomic mass is 19.4. The summed E-state index contributed by atoms with van der Waals surface area (Å²) in [6.07, 6.45) is -4.69. The minimum Gasteiger partial charge on any atom is -0.479 e. The Balaban J connectivity index is 1.75. The summed E-state index contributed by atoms with van der Waals surface area (Å²) in [5, 5.41) is 5.08. The van der Waals surface area contributed by atoms with Gasteiger partial charge in [0, 0.05) is 18.0 Å². The van der Waals surface area contributed by atoms with E-state index in [1.54, 1.807) is 6.92 Å². The number of hydrogen-bond donors (Lipinski definition) is 2. The van der Waals surface area contributed by atoms with Crippen molar-refractivity contribution in [1.29, 1.82) is 0 Å². The van der Waals surface area contributed by atoms with E-state index in [1.165, 1.54) is 18.2 Å². The van der Waals surface area contributed by atoms with Gasteiger partial charge in [0.15, 0.2) is 6.10 Å². The van der Waals surface area contributed by atoms with Crippen LogP contribution in [0.4, 0.5) is 24.5 Å². The molecule has 1 aliphatic heterocycles. The normalized spacial score (nSPS) is 16.1. The molecule has 0 spiro atoms. The molecule has 142 valence electrons. The topological polar surface area (TPSA) is 89.4 Å². The number of alkyl halides is 3. The number of fused-ring (bicyclic) bond motifs is 1. The summed E-state index contributed by atoms with van der Waals surface area (Å²) in [5.41, 5.74) is -1.12. The molecule has 0 bridgehead atoms. The van der Waals surface area contributed by atoms with Crippen molar-refractivity contribution in [2.24, 2.45) is 0 Å². The van der Waals surface area contributed by atoms with Gasteiger partial charge in [-0.1, -0.05) is 0 Å². The van der Waals surface area contributed by atoms with E-state index < -0.39 is 35.9 Å². The van der Waals surface area contributed by atoms with Crippen LogP contribution in [0.1, 0.15) is 12.5 Å². The van der Waals surface area contributed by atoms with Gasteiger partial charge in [-0.05, 0) is 31.2 Å². The molecule has 0 fully saturated rings. The predicted octanol–water partition coefficient (Wildman–Crippen LogP) is 2.23. The summed E-state index contributed by atoms with van der Waals surface area (Å²) in [5.74, 6) is -0.622. The molecular formula is C17H14F3N3O4. The number of carbonyl (C=O) groups excluding carboxylic acids is 2. The number of anilines is 2. The van der Waals surface area contributed by atoms with Crippen LogP contribution in [0.5, 0.6) is 5.75 Å². The molecular weight excluding hydrogens is 367 g/mol. The van der Waals surface area contributed by atoms with E-state index in [4.69, 9.17) is 4.74 Å². The van der Waals surface area contributed by atoms with Gasteiger partial charge in [0.25, 0.3) is 11.5 Å². The van der Waals surface area contributed by atoms with Gasteiger partial charge in [0.05, 0.1) is 11.3 Å². The molecule has 2 N–H and O–H groups in total. The zero-order valence-corrected chi connectivity index (χ0v) is 14.0. The second kappa shape index (κ2) is 6.78. The number of nitrogens with one attached hydrogen (secondary N) is 2. The van der Waals surface area contributed by atoms with Gasteiger partial charge in [-0.3, -0.25) is 14.4 Å². The maximum absolute atomic E-state index is 12.7. The lowest BCUT2D eigenvalue weighted by atomic mass is 10.2. The highest BCUT2D eigenvalue weighted by Crippen LogP contribution is 2.32. The number of amides is 2. The molecule has 0 saturated carbocycles. The number of hydrogen-bond acceptors (Lipinski definition) is 4. The Labute approximate surface area is 150 Å². The fraction of sp³-hybridized carbons (Fsp3) is 0.235. The van der Waals surface area contributed by atoms with Crippen LogP contribution in [0, 0.1) is 0 Å². The summed E-state index contributed by atoms with van der Waals surface area (Å²) in [7, 11) is 0. The maximum Gasteiger partial charge on any atom is 0.417 e. The van der Waals surface area contributed by atoms with Crippen molar-refractivity contribution in [3.05, 3.63) is 52.4 Å². The summed E-state index contributed by atoms with van der Waals surface area (Å²) in [6.45, 7) is 0.987. The van der Waals surface area contributed by atoms with Gasteiger partial charge in [0.1, 0.15) is 12.3 Å². The Morgan fingerprint density at radius 3 is 2.70 bits per heavy atom. The zero-order chi connectivity index (χ0) is 19.8. The van der Waals surface area contributed by atoms with Crippen molar-refractivity contribution in [2.75, 3.05) is 10.6 Å². The first-order chi connectivity index (χ1) is 12.6. The van der Waals surface area contributed by atoms with Gasteiger partial charge >= 0.3 is 6.18 Å². The second-order valence-electron chi connectivity index (χ2n) is 5.89. The number of aromatic nitrogens is 1. The van der Waals surface area contributed by atoms with E-state index in [2.05, 4.69) is 10.6 Å². The number of pyridine rings is 1. The molecule has 2 amide bonds. The van der Waals surface area contributed by atoms with Gasteiger partial charge in [-0.15, -0.1) is 0 Å². The van der Waals surface area contributed by atoms with Crippen molar-refractivity contribution in [3.63, 3.8) is 0 Å². The molecule has 3 rings (SSSR count). The first-order valence-electron chi connectivity index (χ1n) is 7.82. The van der Waals surface area contributed by atoms with Crippen molar-refractivity contribution in [2.45, 2.75) is 25.7 Å². The Morgan fingerprint density at radius 1 is 1.26 bits per heavy atom. The second-order valence-corrected chi connectivity index (χ2v) is 5.89.